The van der Waals surface area contributed by atoms with Crippen LogP contribution in [0.4, 0.5) is 0 Å². The molecule has 1 saturated heterocycles. The molecule has 2 atom stereocenters. The molecule has 1 fully saturated rings. The maximum atomic E-state index is 10.5. The summed E-state index contributed by atoms with van der Waals surface area (Å²) in [6, 6.07) is -0.000139. The standard InChI is InChI=1S/C8H15NO2/c1-8(2)3-6(4-10)9-7(8)5-11/h5-7,9-10H,3-4H2,1-2H3. The van der Waals surface area contributed by atoms with Crippen LogP contribution in [-0.2, 0) is 4.79 Å². The zero-order chi connectivity index (χ0) is 8.48. The minimum absolute atomic E-state index is 0.00481. The molecule has 1 aliphatic rings. The van der Waals surface area contributed by atoms with Gasteiger partial charge in [0.1, 0.15) is 6.29 Å². The van der Waals surface area contributed by atoms with Crippen molar-refractivity contribution in [2.75, 3.05) is 6.61 Å². The molecule has 64 valence electrons. The molecule has 2 N–H and O–H groups in total. The van der Waals surface area contributed by atoms with Crippen molar-refractivity contribution in [3.63, 3.8) is 0 Å². The molecule has 0 aromatic rings. The number of hydrogen-bond donors (Lipinski definition) is 2. The SMILES string of the molecule is CC1(C)CC(CO)NC1C=O. The summed E-state index contributed by atoms with van der Waals surface area (Å²) >= 11 is 0. The lowest BCUT2D eigenvalue weighted by Crippen LogP contribution is -2.36. The van der Waals surface area contributed by atoms with Gasteiger partial charge in [-0.15, -0.1) is 0 Å². The van der Waals surface area contributed by atoms with Crippen LogP contribution in [0.5, 0.6) is 0 Å². The van der Waals surface area contributed by atoms with Crippen molar-refractivity contribution in [3.05, 3.63) is 0 Å². The topological polar surface area (TPSA) is 49.3 Å². The molecule has 1 aliphatic heterocycles. The summed E-state index contributed by atoms with van der Waals surface area (Å²) in [5.41, 5.74) is -0.00481. The van der Waals surface area contributed by atoms with Crippen LogP contribution in [0.2, 0.25) is 0 Å². The Labute approximate surface area is 66.8 Å². The highest BCUT2D eigenvalue weighted by Crippen LogP contribution is 2.31. The summed E-state index contributed by atoms with van der Waals surface area (Å²) < 4.78 is 0. The molecule has 0 amide bonds. The Morgan fingerprint density at radius 3 is 2.64 bits per heavy atom. The van der Waals surface area contributed by atoms with Gasteiger partial charge in [0.05, 0.1) is 12.6 Å². The maximum Gasteiger partial charge on any atom is 0.137 e. The average Bonchev–Trinajstić information content (AvgIpc) is 2.24. The molecule has 0 aromatic carbocycles. The number of carbonyl (C=O) groups excluding carboxylic acids is 1. The first-order chi connectivity index (χ1) is 5.10. The molecule has 11 heavy (non-hydrogen) atoms. The quantitative estimate of drug-likeness (QED) is 0.552. The highest BCUT2D eigenvalue weighted by molar-refractivity contribution is 5.60. The zero-order valence-corrected chi connectivity index (χ0v) is 7.00. The first-order valence-electron chi connectivity index (χ1n) is 3.92. The number of aldehydes is 1. The van der Waals surface area contributed by atoms with Crippen LogP contribution in [0.3, 0.4) is 0 Å². The first kappa shape index (κ1) is 8.68. The van der Waals surface area contributed by atoms with Gasteiger partial charge >= 0.3 is 0 Å². The van der Waals surface area contributed by atoms with Crippen molar-refractivity contribution >= 4 is 6.29 Å². The number of hydrogen-bond acceptors (Lipinski definition) is 3. The molecule has 1 rings (SSSR count). The van der Waals surface area contributed by atoms with Gasteiger partial charge in [-0.3, -0.25) is 0 Å². The largest absolute Gasteiger partial charge is 0.395 e. The van der Waals surface area contributed by atoms with E-state index in [1.807, 2.05) is 13.8 Å². The number of nitrogens with one attached hydrogen (secondary N) is 1. The Morgan fingerprint density at radius 2 is 2.36 bits per heavy atom. The normalized spacial score (nSPS) is 35.5. The molecule has 0 radical (unpaired) electrons. The summed E-state index contributed by atoms with van der Waals surface area (Å²) in [5, 5.41) is 11.9. The molecule has 2 unspecified atom stereocenters. The van der Waals surface area contributed by atoms with E-state index in [0.717, 1.165) is 12.7 Å². The summed E-state index contributed by atoms with van der Waals surface area (Å²) in [4.78, 5) is 10.5. The number of aliphatic hydroxyl groups is 1. The summed E-state index contributed by atoms with van der Waals surface area (Å²) in [6.45, 7) is 4.19. The molecule has 0 aliphatic carbocycles. The van der Waals surface area contributed by atoms with Gasteiger partial charge in [0.2, 0.25) is 0 Å². The zero-order valence-electron chi connectivity index (χ0n) is 7.00. The second-order valence-corrected chi connectivity index (χ2v) is 3.85. The smallest absolute Gasteiger partial charge is 0.137 e. The van der Waals surface area contributed by atoms with Crippen molar-refractivity contribution in [1.82, 2.24) is 5.32 Å². The van der Waals surface area contributed by atoms with E-state index < -0.39 is 0 Å². The van der Waals surface area contributed by atoms with E-state index in [0.29, 0.717) is 0 Å². The van der Waals surface area contributed by atoms with E-state index in [9.17, 15) is 4.79 Å². The van der Waals surface area contributed by atoms with Gasteiger partial charge in [0, 0.05) is 6.04 Å². The predicted molar refractivity (Wildman–Crippen MR) is 42.3 cm³/mol. The van der Waals surface area contributed by atoms with Crippen molar-refractivity contribution in [2.24, 2.45) is 5.41 Å². The van der Waals surface area contributed by atoms with Gasteiger partial charge in [0.15, 0.2) is 0 Å². The van der Waals surface area contributed by atoms with E-state index in [1.165, 1.54) is 0 Å². The molecule has 0 spiro atoms. The third kappa shape index (κ3) is 1.60. The fourth-order valence-corrected chi connectivity index (χ4v) is 1.64. The second-order valence-electron chi connectivity index (χ2n) is 3.85. The molecule has 0 aromatic heterocycles. The Morgan fingerprint density at radius 1 is 1.73 bits per heavy atom. The fraction of sp³-hybridized carbons (Fsp3) is 0.875. The van der Waals surface area contributed by atoms with Crippen LogP contribution in [0, 0.1) is 5.41 Å². The summed E-state index contributed by atoms with van der Waals surface area (Å²) in [5.74, 6) is 0. The predicted octanol–water partition coefficient (Wildman–Crippen LogP) is -0.0657. The fourth-order valence-electron chi connectivity index (χ4n) is 1.64. The molecule has 0 saturated carbocycles. The third-order valence-electron chi connectivity index (χ3n) is 2.39. The number of aliphatic hydroxyl groups excluding tert-OH is 1. The van der Waals surface area contributed by atoms with Gasteiger partial charge in [-0.25, -0.2) is 0 Å². The number of rotatable bonds is 2. The van der Waals surface area contributed by atoms with Crippen LogP contribution in [-0.4, -0.2) is 30.1 Å². The highest BCUT2D eigenvalue weighted by atomic mass is 16.3. The van der Waals surface area contributed by atoms with E-state index in [2.05, 4.69) is 5.32 Å². The van der Waals surface area contributed by atoms with Gasteiger partial charge in [0.25, 0.3) is 0 Å². The van der Waals surface area contributed by atoms with E-state index in [4.69, 9.17) is 5.11 Å². The minimum atomic E-state index is -0.0975. The second kappa shape index (κ2) is 2.91. The molecular weight excluding hydrogens is 142 g/mol. The van der Waals surface area contributed by atoms with Crippen molar-refractivity contribution in [1.29, 1.82) is 0 Å². The van der Waals surface area contributed by atoms with Crippen LogP contribution in [0.1, 0.15) is 20.3 Å². The highest BCUT2D eigenvalue weighted by Gasteiger charge is 2.39. The molecule has 1 heterocycles. The van der Waals surface area contributed by atoms with Gasteiger partial charge in [-0.05, 0) is 11.8 Å². The lowest BCUT2D eigenvalue weighted by atomic mass is 9.84. The molecule has 3 nitrogen and oxygen atoms in total. The average molecular weight is 157 g/mol. The lowest BCUT2D eigenvalue weighted by molar-refractivity contribution is -0.111. The first-order valence-corrected chi connectivity index (χ1v) is 3.92. The molecule has 3 heteroatoms. The Hall–Kier alpha value is -0.410. The summed E-state index contributed by atoms with van der Waals surface area (Å²) in [6.07, 6.45) is 1.79. The third-order valence-corrected chi connectivity index (χ3v) is 2.39. The van der Waals surface area contributed by atoms with Crippen molar-refractivity contribution in [2.45, 2.75) is 32.4 Å². The van der Waals surface area contributed by atoms with Gasteiger partial charge in [-0.1, -0.05) is 13.8 Å². The van der Waals surface area contributed by atoms with Crippen molar-refractivity contribution < 1.29 is 9.90 Å². The minimum Gasteiger partial charge on any atom is -0.395 e. The van der Waals surface area contributed by atoms with Gasteiger partial charge < -0.3 is 15.2 Å². The van der Waals surface area contributed by atoms with E-state index in [-0.39, 0.29) is 24.1 Å². The van der Waals surface area contributed by atoms with Gasteiger partial charge in [-0.2, -0.15) is 0 Å². The lowest BCUT2D eigenvalue weighted by Gasteiger charge is -2.20. The Balaban J connectivity index is 2.62. The van der Waals surface area contributed by atoms with Crippen LogP contribution < -0.4 is 5.32 Å². The molecule has 0 bridgehead atoms. The maximum absolute atomic E-state index is 10.5. The number of carbonyl (C=O) groups is 1. The van der Waals surface area contributed by atoms with Crippen LogP contribution >= 0.6 is 0 Å². The Kier molecular flexibility index (Phi) is 2.30. The van der Waals surface area contributed by atoms with Crippen LogP contribution in [0.15, 0.2) is 0 Å². The summed E-state index contributed by atoms with van der Waals surface area (Å²) in [7, 11) is 0. The monoisotopic (exact) mass is 157 g/mol. The van der Waals surface area contributed by atoms with E-state index in [1.54, 1.807) is 0 Å². The molecular formula is C8H15NO2. The Bertz CT molecular complexity index is 156. The van der Waals surface area contributed by atoms with E-state index >= 15 is 0 Å². The van der Waals surface area contributed by atoms with Crippen LogP contribution in [0.25, 0.3) is 0 Å². The van der Waals surface area contributed by atoms with Crippen molar-refractivity contribution in [3.8, 4) is 0 Å².